The molecule has 0 saturated carbocycles. The van der Waals surface area contributed by atoms with Crippen molar-refractivity contribution in [2.24, 2.45) is 0 Å². The molecule has 5 heteroatoms. The van der Waals surface area contributed by atoms with Gasteiger partial charge in [0.05, 0.1) is 5.56 Å². The lowest BCUT2D eigenvalue weighted by molar-refractivity contribution is 0.0696. The van der Waals surface area contributed by atoms with Gasteiger partial charge in [0, 0.05) is 19.6 Å². The summed E-state index contributed by atoms with van der Waals surface area (Å²) in [6, 6.07) is 6.62. The number of rotatable bonds is 8. The summed E-state index contributed by atoms with van der Waals surface area (Å²) in [6.07, 6.45) is 2.65. The maximum absolute atomic E-state index is 10.9. The largest absolute Gasteiger partial charge is 0.492 e. The first kappa shape index (κ1) is 15.8. The number of benzene rings is 1. The minimum atomic E-state index is -0.928. The monoisotopic (exact) mass is 292 g/mol. The maximum atomic E-state index is 10.9. The second-order valence-electron chi connectivity index (χ2n) is 5.53. The zero-order valence-corrected chi connectivity index (χ0v) is 12.6. The predicted octanol–water partition coefficient (Wildman–Crippen LogP) is 1.79. The highest BCUT2D eigenvalue weighted by atomic mass is 16.5. The number of likely N-dealkylation sites (N-methyl/N-ethyl adjacent to an activating group) is 1. The third-order valence-corrected chi connectivity index (χ3v) is 3.82. The van der Waals surface area contributed by atoms with Gasteiger partial charge in [0.1, 0.15) is 12.4 Å². The number of carboxylic acids is 1. The van der Waals surface area contributed by atoms with Crippen molar-refractivity contribution >= 4 is 5.97 Å². The van der Waals surface area contributed by atoms with Crippen LogP contribution in [0.3, 0.4) is 0 Å². The van der Waals surface area contributed by atoms with Gasteiger partial charge in [0.15, 0.2) is 0 Å². The van der Waals surface area contributed by atoms with Gasteiger partial charge in [0.2, 0.25) is 0 Å². The number of carbonyl (C=O) groups is 1. The molecule has 0 spiro atoms. The molecule has 0 aromatic heterocycles. The molecule has 0 amide bonds. The van der Waals surface area contributed by atoms with Crippen LogP contribution in [0.5, 0.6) is 5.75 Å². The first-order valence-corrected chi connectivity index (χ1v) is 7.52. The summed E-state index contributed by atoms with van der Waals surface area (Å²) < 4.78 is 5.62. The van der Waals surface area contributed by atoms with E-state index in [1.807, 2.05) is 0 Å². The number of ether oxygens (including phenoxy) is 1. The summed E-state index contributed by atoms with van der Waals surface area (Å²) in [6.45, 7) is 6.02. The third-order valence-electron chi connectivity index (χ3n) is 3.82. The van der Waals surface area contributed by atoms with E-state index in [4.69, 9.17) is 9.84 Å². The average Bonchev–Trinajstić information content (AvgIpc) is 2.99. The lowest BCUT2D eigenvalue weighted by Gasteiger charge is -2.21. The van der Waals surface area contributed by atoms with Crippen LogP contribution in [0, 0.1) is 0 Å². The molecule has 0 aliphatic carbocycles. The molecular weight excluding hydrogens is 268 g/mol. The molecule has 1 N–H and O–H groups in total. The highest BCUT2D eigenvalue weighted by Gasteiger charge is 2.11. The van der Waals surface area contributed by atoms with Crippen LogP contribution in [-0.4, -0.2) is 67.3 Å². The first-order chi connectivity index (χ1) is 10.1. The van der Waals surface area contributed by atoms with E-state index in [-0.39, 0.29) is 5.56 Å². The van der Waals surface area contributed by atoms with E-state index in [0.29, 0.717) is 12.4 Å². The highest BCUT2D eigenvalue weighted by Crippen LogP contribution is 2.13. The van der Waals surface area contributed by atoms with Crippen LogP contribution in [0.15, 0.2) is 24.3 Å². The van der Waals surface area contributed by atoms with Crippen LogP contribution in [0.1, 0.15) is 23.2 Å². The third kappa shape index (κ3) is 5.36. The SMILES string of the molecule is CN(CCOc1cccc(C(=O)O)c1)CCN1CCCC1. The van der Waals surface area contributed by atoms with E-state index in [1.165, 1.54) is 25.9 Å². The second kappa shape index (κ2) is 8.00. The second-order valence-corrected chi connectivity index (χ2v) is 5.53. The Labute approximate surface area is 126 Å². The van der Waals surface area contributed by atoms with Gasteiger partial charge in [-0.05, 0) is 51.2 Å². The molecule has 2 rings (SSSR count). The molecule has 1 aromatic rings. The molecule has 116 valence electrons. The lowest BCUT2D eigenvalue weighted by atomic mass is 10.2. The topological polar surface area (TPSA) is 53.0 Å². The van der Waals surface area contributed by atoms with Crippen molar-refractivity contribution < 1.29 is 14.6 Å². The molecule has 5 nitrogen and oxygen atoms in total. The van der Waals surface area contributed by atoms with E-state index >= 15 is 0 Å². The average molecular weight is 292 g/mol. The van der Waals surface area contributed by atoms with Gasteiger partial charge in [0.25, 0.3) is 0 Å². The number of hydrogen-bond donors (Lipinski definition) is 1. The summed E-state index contributed by atoms with van der Waals surface area (Å²) in [4.78, 5) is 15.6. The Kier molecular flexibility index (Phi) is 6.02. The Morgan fingerprint density at radius 1 is 1.33 bits per heavy atom. The lowest BCUT2D eigenvalue weighted by Crippen LogP contribution is -2.33. The fourth-order valence-electron chi connectivity index (χ4n) is 2.47. The van der Waals surface area contributed by atoms with E-state index < -0.39 is 5.97 Å². The van der Waals surface area contributed by atoms with Gasteiger partial charge in [-0.1, -0.05) is 6.07 Å². The molecule has 1 aliphatic rings. The van der Waals surface area contributed by atoms with Crippen molar-refractivity contribution in [3.63, 3.8) is 0 Å². The molecule has 0 unspecified atom stereocenters. The van der Waals surface area contributed by atoms with Gasteiger partial charge in [-0.25, -0.2) is 4.79 Å². The molecule has 0 atom stereocenters. The standard InChI is InChI=1S/C16H24N2O3/c1-17(9-10-18-7-2-3-8-18)11-12-21-15-6-4-5-14(13-15)16(19)20/h4-6,13H,2-3,7-12H2,1H3,(H,19,20). The van der Waals surface area contributed by atoms with Crippen LogP contribution >= 0.6 is 0 Å². The Balaban J connectivity index is 1.66. The number of likely N-dealkylation sites (tertiary alicyclic amines) is 1. The van der Waals surface area contributed by atoms with Crippen LogP contribution in [0.2, 0.25) is 0 Å². The number of nitrogens with zero attached hydrogens (tertiary/aromatic N) is 2. The molecule has 1 aliphatic heterocycles. The van der Waals surface area contributed by atoms with Crippen LogP contribution < -0.4 is 4.74 Å². The zero-order valence-electron chi connectivity index (χ0n) is 12.6. The van der Waals surface area contributed by atoms with Crippen molar-refractivity contribution in [2.75, 3.05) is 46.4 Å². The molecule has 0 radical (unpaired) electrons. The van der Waals surface area contributed by atoms with Crippen molar-refractivity contribution in [3.05, 3.63) is 29.8 Å². The molecular formula is C16H24N2O3. The van der Waals surface area contributed by atoms with Gasteiger partial charge < -0.3 is 19.6 Å². The van der Waals surface area contributed by atoms with Gasteiger partial charge in [-0.2, -0.15) is 0 Å². The first-order valence-electron chi connectivity index (χ1n) is 7.52. The molecule has 1 heterocycles. The predicted molar refractivity (Wildman–Crippen MR) is 82.1 cm³/mol. The van der Waals surface area contributed by atoms with Crippen molar-refractivity contribution in [3.8, 4) is 5.75 Å². The fourth-order valence-corrected chi connectivity index (χ4v) is 2.47. The molecule has 21 heavy (non-hydrogen) atoms. The van der Waals surface area contributed by atoms with Gasteiger partial charge in [-0.15, -0.1) is 0 Å². The number of hydrogen-bond acceptors (Lipinski definition) is 4. The van der Waals surface area contributed by atoms with Gasteiger partial charge in [-0.3, -0.25) is 0 Å². The minimum absolute atomic E-state index is 0.259. The molecule has 1 fully saturated rings. The Morgan fingerprint density at radius 2 is 2.10 bits per heavy atom. The van der Waals surface area contributed by atoms with Crippen LogP contribution in [-0.2, 0) is 0 Å². The smallest absolute Gasteiger partial charge is 0.335 e. The molecule has 1 aromatic carbocycles. The van der Waals surface area contributed by atoms with E-state index in [0.717, 1.165) is 19.6 Å². The Bertz CT molecular complexity index is 459. The van der Waals surface area contributed by atoms with E-state index in [9.17, 15) is 4.79 Å². The fraction of sp³-hybridized carbons (Fsp3) is 0.562. The summed E-state index contributed by atoms with van der Waals surface area (Å²) in [7, 11) is 2.09. The summed E-state index contributed by atoms with van der Waals surface area (Å²) in [5.74, 6) is -0.314. The molecule has 0 bridgehead atoms. The number of aromatic carboxylic acids is 1. The van der Waals surface area contributed by atoms with Crippen molar-refractivity contribution in [1.82, 2.24) is 9.80 Å². The Hall–Kier alpha value is -1.59. The zero-order chi connectivity index (χ0) is 15.1. The highest BCUT2D eigenvalue weighted by molar-refractivity contribution is 5.87. The summed E-state index contributed by atoms with van der Waals surface area (Å²) in [5.41, 5.74) is 0.259. The van der Waals surface area contributed by atoms with Crippen molar-refractivity contribution in [2.45, 2.75) is 12.8 Å². The molecule has 1 saturated heterocycles. The summed E-state index contributed by atoms with van der Waals surface area (Å²) >= 11 is 0. The Morgan fingerprint density at radius 3 is 2.81 bits per heavy atom. The van der Waals surface area contributed by atoms with Crippen LogP contribution in [0.4, 0.5) is 0 Å². The van der Waals surface area contributed by atoms with E-state index in [1.54, 1.807) is 24.3 Å². The number of carboxylic acid groups (broad SMARTS) is 1. The normalized spacial score (nSPS) is 15.5. The van der Waals surface area contributed by atoms with E-state index in [2.05, 4.69) is 16.8 Å². The van der Waals surface area contributed by atoms with Crippen LogP contribution in [0.25, 0.3) is 0 Å². The van der Waals surface area contributed by atoms with Crippen molar-refractivity contribution in [1.29, 1.82) is 0 Å². The minimum Gasteiger partial charge on any atom is -0.492 e. The van der Waals surface area contributed by atoms with Gasteiger partial charge >= 0.3 is 5.97 Å². The summed E-state index contributed by atoms with van der Waals surface area (Å²) in [5, 5.41) is 8.93. The maximum Gasteiger partial charge on any atom is 0.335 e. The quantitative estimate of drug-likeness (QED) is 0.791.